The van der Waals surface area contributed by atoms with Crippen molar-refractivity contribution < 1.29 is 9.90 Å². The molecule has 3 heteroatoms. The zero-order valence-electron chi connectivity index (χ0n) is 7.92. The topological polar surface area (TPSA) is 49.3 Å². The van der Waals surface area contributed by atoms with Gasteiger partial charge in [0.05, 0.1) is 5.60 Å². The second-order valence-electron chi connectivity index (χ2n) is 3.34. The van der Waals surface area contributed by atoms with Crippen LogP contribution in [0, 0.1) is 0 Å². The predicted molar refractivity (Wildman–Crippen MR) is 48.7 cm³/mol. The van der Waals surface area contributed by atoms with Gasteiger partial charge >= 0.3 is 0 Å². The fourth-order valence-corrected chi connectivity index (χ4v) is 0.587. The second-order valence-corrected chi connectivity index (χ2v) is 3.34. The molecule has 3 nitrogen and oxygen atoms in total. The number of carbonyl (C=O) groups is 1. The minimum absolute atomic E-state index is 0.154. The highest BCUT2D eigenvalue weighted by molar-refractivity contribution is 5.87. The lowest BCUT2D eigenvalue weighted by Crippen LogP contribution is -2.37. The van der Waals surface area contributed by atoms with Gasteiger partial charge in [0.25, 0.3) is 0 Å². The van der Waals surface area contributed by atoms with E-state index in [2.05, 4.69) is 5.32 Å². The Morgan fingerprint density at radius 2 is 2.17 bits per heavy atom. The van der Waals surface area contributed by atoms with Crippen molar-refractivity contribution in [2.75, 3.05) is 6.54 Å². The molecule has 70 valence electrons. The van der Waals surface area contributed by atoms with Crippen molar-refractivity contribution in [2.24, 2.45) is 0 Å². The van der Waals surface area contributed by atoms with Gasteiger partial charge in [-0.15, -0.1) is 0 Å². The van der Waals surface area contributed by atoms with E-state index in [1.807, 2.05) is 6.92 Å². The maximum absolute atomic E-state index is 10.9. The molecule has 0 bridgehead atoms. The largest absolute Gasteiger partial charge is 0.389 e. The third kappa shape index (κ3) is 7.28. The van der Waals surface area contributed by atoms with Crippen molar-refractivity contribution in [1.29, 1.82) is 0 Å². The smallest absolute Gasteiger partial charge is 0.243 e. The van der Waals surface area contributed by atoms with E-state index in [0.717, 1.165) is 6.42 Å². The second kappa shape index (κ2) is 4.93. The van der Waals surface area contributed by atoms with Gasteiger partial charge in [0.2, 0.25) is 5.91 Å². The maximum atomic E-state index is 10.9. The Bertz CT molecular complexity index is 168. The maximum Gasteiger partial charge on any atom is 0.243 e. The molecule has 1 amide bonds. The molecule has 0 rings (SSSR count). The zero-order chi connectivity index (χ0) is 9.61. The van der Waals surface area contributed by atoms with Crippen LogP contribution in [0.4, 0.5) is 0 Å². The van der Waals surface area contributed by atoms with E-state index in [1.165, 1.54) is 6.08 Å². The summed E-state index contributed by atoms with van der Waals surface area (Å²) in [7, 11) is 0. The van der Waals surface area contributed by atoms with E-state index in [0.29, 0.717) is 0 Å². The van der Waals surface area contributed by atoms with Crippen LogP contribution >= 0.6 is 0 Å². The molecule has 0 spiro atoms. The van der Waals surface area contributed by atoms with Crippen LogP contribution in [0.3, 0.4) is 0 Å². The molecule has 0 aliphatic rings. The van der Waals surface area contributed by atoms with Gasteiger partial charge < -0.3 is 10.4 Å². The van der Waals surface area contributed by atoms with Crippen molar-refractivity contribution in [3.05, 3.63) is 12.2 Å². The van der Waals surface area contributed by atoms with Gasteiger partial charge in [0, 0.05) is 6.54 Å². The van der Waals surface area contributed by atoms with Gasteiger partial charge in [0.1, 0.15) is 0 Å². The quantitative estimate of drug-likeness (QED) is 0.616. The monoisotopic (exact) mass is 171 g/mol. The third-order valence-corrected chi connectivity index (χ3v) is 1.20. The SMILES string of the molecule is CC/C=C/C(=O)NCC(C)(C)O. The Kier molecular flexibility index (Phi) is 4.59. The summed E-state index contributed by atoms with van der Waals surface area (Å²) in [6, 6.07) is 0. The number of nitrogens with one attached hydrogen (secondary N) is 1. The van der Waals surface area contributed by atoms with E-state index in [4.69, 9.17) is 0 Å². The molecule has 0 aromatic rings. The summed E-state index contributed by atoms with van der Waals surface area (Å²) in [5, 5.41) is 11.8. The first-order valence-corrected chi connectivity index (χ1v) is 4.12. The van der Waals surface area contributed by atoms with Crippen LogP contribution in [0.15, 0.2) is 12.2 Å². The highest BCUT2D eigenvalue weighted by Gasteiger charge is 2.12. The van der Waals surface area contributed by atoms with Crippen LogP contribution in [0.5, 0.6) is 0 Å². The lowest BCUT2D eigenvalue weighted by Gasteiger charge is -2.16. The molecule has 0 atom stereocenters. The molecule has 0 aliphatic heterocycles. The van der Waals surface area contributed by atoms with Crippen molar-refractivity contribution in [3.63, 3.8) is 0 Å². The molecule has 0 aromatic carbocycles. The molecule has 0 saturated heterocycles. The van der Waals surface area contributed by atoms with E-state index in [1.54, 1.807) is 19.9 Å². The number of amides is 1. The Hall–Kier alpha value is -0.830. The minimum atomic E-state index is -0.838. The van der Waals surface area contributed by atoms with Crippen molar-refractivity contribution >= 4 is 5.91 Å². The Balaban J connectivity index is 3.65. The number of hydrogen-bond acceptors (Lipinski definition) is 2. The molecule has 0 unspecified atom stereocenters. The first kappa shape index (κ1) is 11.2. The van der Waals surface area contributed by atoms with E-state index in [-0.39, 0.29) is 12.5 Å². The van der Waals surface area contributed by atoms with Crippen LogP contribution in [-0.4, -0.2) is 23.2 Å². The molecule has 0 aromatic heterocycles. The summed E-state index contributed by atoms with van der Waals surface area (Å²) >= 11 is 0. The van der Waals surface area contributed by atoms with Crippen LogP contribution in [0.2, 0.25) is 0 Å². The van der Waals surface area contributed by atoms with Crippen LogP contribution < -0.4 is 5.32 Å². The van der Waals surface area contributed by atoms with Crippen LogP contribution in [-0.2, 0) is 4.79 Å². The molecule has 0 saturated carbocycles. The zero-order valence-corrected chi connectivity index (χ0v) is 7.92. The summed E-state index contributed by atoms with van der Waals surface area (Å²) < 4.78 is 0. The third-order valence-electron chi connectivity index (χ3n) is 1.20. The van der Waals surface area contributed by atoms with Crippen molar-refractivity contribution in [3.8, 4) is 0 Å². The standard InChI is InChI=1S/C9H17NO2/c1-4-5-6-8(11)10-7-9(2,3)12/h5-6,12H,4,7H2,1-3H3,(H,10,11)/b6-5+. The lowest BCUT2D eigenvalue weighted by atomic mass is 10.1. The normalized spacial score (nSPS) is 12.0. The Labute approximate surface area is 73.5 Å². The average molecular weight is 171 g/mol. The van der Waals surface area contributed by atoms with Crippen molar-refractivity contribution in [1.82, 2.24) is 5.32 Å². The highest BCUT2D eigenvalue weighted by Crippen LogP contribution is 1.96. The summed E-state index contributed by atoms with van der Waals surface area (Å²) in [6.07, 6.45) is 4.10. The fraction of sp³-hybridized carbons (Fsp3) is 0.667. The minimum Gasteiger partial charge on any atom is -0.389 e. The molecule has 0 fully saturated rings. The average Bonchev–Trinajstić information content (AvgIpc) is 1.95. The first-order valence-electron chi connectivity index (χ1n) is 4.12. The number of rotatable bonds is 4. The van der Waals surface area contributed by atoms with Gasteiger partial charge in [-0.3, -0.25) is 4.79 Å². The number of hydrogen-bond donors (Lipinski definition) is 2. The molecule has 0 aliphatic carbocycles. The van der Waals surface area contributed by atoms with E-state index >= 15 is 0 Å². The van der Waals surface area contributed by atoms with Gasteiger partial charge in [-0.25, -0.2) is 0 Å². The van der Waals surface area contributed by atoms with E-state index in [9.17, 15) is 9.90 Å². The lowest BCUT2D eigenvalue weighted by molar-refractivity contribution is -0.117. The van der Waals surface area contributed by atoms with Gasteiger partial charge in [-0.2, -0.15) is 0 Å². The van der Waals surface area contributed by atoms with Gasteiger partial charge in [0.15, 0.2) is 0 Å². The van der Waals surface area contributed by atoms with Crippen LogP contribution in [0.25, 0.3) is 0 Å². The molecule has 12 heavy (non-hydrogen) atoms. The molecular weight excluding hydrogens is 154 g/mol. The number of carbonyl (C=O) groups excluding carboxylic acids is 1. The number of aliphatic hydroxyl groups is 1. The molecule has 0 heterocycles. The molecule has 2 N–H and O–H groups in total. The highest BCUT2D eigenvalue weighted by atomic mass is 16.3. The van der Waals surface area contributed by atoms with Gasteiger partial charge in [-0.1, -0.05) is 13.0 Å². The molecular formula is C9H17NO2. The summed E-state index contributed by atoms with van der Waals surface area (Å²) in [4.78, 5) is 10.9. The van der Waals surface area contributed by atoms with Crippen LogP contribution in [0.1, 0.15) is 27.2 Å². The summed E-state index contributed by atoms with van der Waals surface area (Å²) in [5.74, 6) is -0.154. The first-order chi connectivity index (χ1) is 5.45. The van der Waals surface area contributed by atoms with E-state index < -0.39 is 5.60 Å². The van der Waals surface area contributed by atoms with Gasteiger partial charge in [-0.05, 0) is 26.3 Å². The van der Waals surface area contributed by atoms with Crippen molar-refractivity contribution in [2.45, 2.75) is 32.8 Å². The predicted octanol–water partition coefficient (Wildman–Crippen LogP) is 0.840. The fourth-order valence-electron chi connectivity index (χ4n) is 0.587. The number of allylic oxidation sites excluding steroid dienone is 1. The molecule has 0 radical (unpaired) electrons. The Morgan fingerprint density at radius 3 is 2.58 bits per heavy atom. The summed E-state index contributed by atoms with van der Waals surface area (Å²) in [6.45, 7) is 5.53. The Morgan fingerprint density at radius 1 is 1.58 bits per heavy atom. The summed E-state index contributed by atoms with van der Waals surface area (Å²) in [5.41, 5.74) is -0.838.